The van der Waals surface area contributed by atoms with Crippen LogP contribution in [0.15, 0.2) is 42.6 Å². The Morgan fingerprint density at radius 1 is 1.26 bits per heavy atom. The van der Waals surface area contributed by atoms with Gasteiger partial charge in [0.1, 0.15) is 11.4 Å². The average molecular weight is 315 g/mol. The maximum Gasteiger partial charge on any atom is 0.291 e. The van der Waals surface area contributed by atoms with Gasteiger partial charge in [-0.1, -0.05) is 0 Å². The lowest BCUT2D eigenvalue weighted by Gasteiger charge is -2.22. The minimum Gasteiger partial charge on any atom is -0.497 e. The van der Waals surface area contributed by atoms with Crippen LogP contribution in [0.4, 0.5) is 11.4 Å². The zero-order valence-corrected chi connectivity index (χ0v) is 13.1. The Bertz CT molecular complexity index is 726. The quantitative estimate of drug-likeness (QED) is 0.676. The van der Waals surface area contributed by atoms with Crippen LogP contribution in [0.2, 0.25) is 0 Å². The molecule has 2 aromatic rings. The number of anilines is 1. The molecular formula is C16H17N3O4. The summed E-state index contributed by atoms with van der Waals surface area (Å²) in [7, 11) is 1.55. The smallest absolute Gasteiger partial charge is 0.291 e. The van der Waals surface area contributed by atoms with Crippen molar-refractivity contribution in [2.24, 2.45) is 0 Å². The zero-order valence-electron chi connectivity index (χ0n) is 13.1. The maximum absolute atomic E-state index is 12.6. The lowest BCUT2D eigenvalue weighted by atomic mass is 9.86. The molecule has 0 unspecified atom stereocenters. The summed E-state index contributed by atoms with van der Waals surface area (Å²) < 4.78 is 5.06. The predicted octanol–water partition coefficient (Wildman–Crippen LogP) is 2.91. The molecule has 1 N–H and O–H groups in total. The Balaban J connectivity index is 2.28. The van der Waals surface area contributed by atoms with Crippen LogP contribution < -0.4 is 10.1 Å². The molecule has 0 bridgehead atoms. The van der Waals surface area contributed by atoms with E-state index < -0.39 is 10.3 Å². The Kier molecular flexibility index (Phi) is 4.59. The third kappa shape index (κ3) is 3.45. The minimum atomic E-state index is -1.16. The van der Waals surface area contributed by atoms with E-state index in [2.05, 4.69) is 10.3 Å². The molecule has 7 heteroatoms. The van der Waals surface area contributed by atoms with Crippen LogP contribution in [0.5, 0.6) is 5.75 Å². The van der Waals surface area contributed by atoms with Crippen molar-refractivity contribution in [2.45, 2.75) is 19.3 Å². The molecule has 0 aliphatic carbocycles. The van der Waals surface area contributed by atoms with E-state index in [1.165, 1.54) is 18.3 Å². The van der Waals surface area contributed by atoms with Gasteiger partial charge in [-0.15, -0.1) is 0 Å². The molecule has 1 aromatic heterocycles. The molecule has 120 valence electrons. The number of methoxy groups -OCH3 is 1. The second-order valence-corrected chi connectivity index (χ2v) is 5.44. The molecular weight excluding hydrogens is 298 g/mol. The summed E-state index contributed by atoms with van der Waals surface area (Å²) in [6, 6.07) is 9.63. The topological polar surface area (TPSA) is 94.4 Å². The molecule has 23 heavy (non-hydrogen) atoms. The normalized spacial score (nSPS) is 10.9. The van der Waals surface area contributed by atoms with Crippen molar-refractivity contribution in [3.8, 4) is 5.75 Å². The Labute approximate surface area is 133 Å². The first kappa shape index (κ1) is 16.4. The predicted molar refractivity (Wildman–Crippen MR) is 85.5 cm³/mol. The maximum atomic E-state index is 12.6. The first-order valence-corrected chi connectivity index (χ1v) is 6.91. The first-order valence-electron chi connectivity index (χ1n) is 6.91. The highest BCUT2D eigenvalue weighted by Crippen LogP contribution is 2.30. The highest BCUT2D eigenvalue weighted by atomic mass is 16.6. The van der Waals surface area contributed by atoms with Crippen LogP contribution in [-0.2, 0) is 10.2 Å². The van der Waals surface area contributed by atoms with Crippen molar-refractivity contribution >= 4 is 17.3 Å². The summed E-state index contributed by atoms with van der Waals surface area (Å²) in [5.74, 6) is 0.284. The van der Waals surface area contributed by atoms with E-state index in [0.717, 1.165) is 0 Å². The molecule has 1 amide bonds. The van der Waals surface area contributed by atoms with E-state index >= 15 is 0 Å². The van der Waals surface area contributed by atoms with Gasteiger partial charge in [-0.25, -0.2) is 0 Å². The van der Waals surface area contributed by atoms with Gasteiger partial charge in [-0.2, -0.15) is 0 Å². The van der Waals surface area contributed by atoms with E-state index in [1.807, 2.05) is 0 Å². The number of hydrogen-bond acceptors (Lipinski definition) is 5. The van der Waals surface area contributed by atoms with Gasteiger partial charge in [0.05, 0.1) is 17.4 Å². The summed E-state index contributed by atoms with van der Waals surface area (Å²) >= 11 is 0. The minimum absolute atomic E-state index is 0.121. The van der Waals surface area contributed by atoms with Crippen LogP contribution in [0.25, 0.3) is 0 Å². The van der Waals surface area contributed by atoms with Gasteiger partial charge < -0.3 is 10.1 Å². The van der Waals surface area contributed by atoms with Gasteiger partial charge in [-0.05, 0) is 44.2 Å². The molecule has 0 aliphatic heterocycles. The van der Waals surface area contributed by atoms with E-state index in [1.54, 1.807) is 45.2 Å². The molecule has 0 saturated heterocycles. The third-order valence-corrected chi connectivity index (χ3v) is 3.49. The summed E-state index contributed by atoms with van der Waals surface area (Å²) in [5.41, 5.74) is -0.648. The number of aromatic nitrogens is 1. The number of rotatable bonds is 5. The van der Waals surface area contributed by atoms with Crippen molar-refractivity contribution < 1.29 is 14.5 Å². The fourth-order valence-corrected chi connectivity index (χ4v) is 2.09. The fourth-order valence-electron chi connectivity index (χ4n) is 2.09. The SMILES string of the molecule is COc1ccc(NC(=O)C(C)(C)c2ncccc2[N+](=O)[O-])cc1. The van der Waals surface area contributed by atoms with Gasteiger partial charge in [0.2, 0.25) is 5.91 Å². The van der Waals surface area contributed by atoms with Crippen molar-refractivity contribution in [1.29, 1.82) is 0 Å². The molecule has 1 heterocycles. The molecule has 2 rings (SSSR count). The molecule has 1 aromatic carbocycles. The van der Waals surface area contributed by atoms with Crippen LogP contribution in [0.3, 0.4) is 0 Å². The van der Waals surface area contributed by atoms with Crippen LogP contribution >= 0.6 is 0 Å². The van der Waals surface area contributed by atoms with Crippen LogP contribution in [0.1, 0.15) is 19.5 Å². The standard InChI is InChI=1S/C16H17N3O4/c1-16(2,14-13(19(21)22)5-4-10-17-14)15(20)18-11-6-8-12(23-3)9-7-11/h4-10H,1-3H3,(H,18,20). The lowest BCUT2D eigenvalue weighted by molar-refractivity contribution is -0.386. The molecule has 7 nitrogen and oxygen atoms in total. The van der Waals surface area contributed by atoms with Gasteiger partial charge in [0.15, 0.2) is 0 Å². The zero-order chi connectivity index (χ0) is 17.0. The number of pyridine rings is 1. The highest BCUT2D eigenvalue weighted by molar-refractivity contribution is 5.98. The molecule has 0 radical (unpaired) electrons. The Hall–Kier alpha value is -2.96. The van der Waals surface area contributed by atoms with Crippen molar-refractivity contribution in [1.82, 2.24) is 4.98 Å². The van der Waals surface area contributed by atoms with Gasteiger partial charge in [-0.3, -0.25) is 19.9 Å². The number of carbonyl (C=O) groups excluding carboxylic acids is 1. The number of carbonyl (C=O) groups is 1. The van der Waals surface area contributed by atoms with E-state index in [0.29, 0.717) is 11.4 Å². The number of nitro groups is 1. The van der Waals surface area contributed by atoms with Crippen molar-refractivity contribution in [2.75, 3.05) is 12.4 Å². The van der Waals surface area contributed by atoms with E-state index in [-0.39, 0.29) is 17.3 Å². The fraction of sp³-hybridized carbons (Fsp3) is 0.250. The third-order valence-electron chi connectivity index (χ3n) is 3.49. The number of amides is 1. The van der Waals surface area contributed by atoms with Gasteiger partial charge in [0.25, 0.3) is 5.69 Å². The molecule has 0 spiro atoms. The summed E-state index contributed by atoms with van der Waals surface area (Å²) in [6.45, 7) is 3.20. The first-order chi connectivity index (χ1) is 10.9. The number of nitrogens with zero attached hydrogens (tertiary/aromatic N) is 2. The molecule has 0 aliphatic rings. The summed E-state index contributed by atoms with van der Waals surface area (Å²) in [5, 5.41) is 13.9. The van der Waals surface area contributed by atoms with E-state index in [9.17, 15) is 14.9 Å². The largest absolute Gasteiger partial charge is 0.497 e. The number of benzene rings is 1. The van der Waals surface area contributed by atoms with Gasteiger partial charge in [0, 0.05) is 18.0 Å². The highest BCUT2D eigenvalue weighted by Gasteiger charge is 2.37. The number of nitrogens with one attached hydrogen (secondary N) is 1. The summed E-state index contributed by atoms with van der Waals surface area (Å²) in [4.78, 5) is 27.2. The second-order valence-electron chi connectivity index (χ2n) is 5.44. The van der Waals surface area contributed by atoms with Crippen LogP contribution in [0, 0.1) is 10.1 Å². The second kappa shape index (κ2) is 6.43. The van der Waals surface area contributed by atoms with Crippen molar-refractivity contribution in [3.05, 3.63) is 58.4 Å². The number of ether oxygens (including phenoxy) is 1. The summed E-state index contributed by atoms with van der Waals surface area (Å²) in [6.07, 6.45) is 1.44. The molecule has 0 fully saturated rings. The molecule has 0 saturated carbocycles. The van der Waals surface area contributed by atoms with Crippen LogP contribution in [-0.4, -0.2) is 22.9 Å². The van der Waals surface area contributed by atoms with Gasteiger partial charge >= 0.3 is 0 Å². The Morgan fingerprint density at radius 3 is 2.48 bits per heavy atom. The molecule has 0 atom stereocenters. The monoisotopic (exact) mass is 315 g/mol. The number of hydrogen-bond donors (Lipinski definition) is 1. The van der Waals surface area contributed by atoms with E-state index in [4.69, 9.17) is 4.74 Å². The Morgan fingerprint density at radius 2 is 1.91 bits per heavy atom. The lowest BCUT2D eigenvalue weighted by Crippen LogP contribution is -2.36. The van der Waals surface area contributed by atoms with Crippen molar-refractivity contribution in [3.63, 3.8) is 0 Å². The average Bonchev–Trinajstić information content (AvgIpc) is 2.55.